The fourth-order valence-electron chi connectivity index (χ4n) is 1.58. The van der Waals surface area contributed by atoms with E-state index in [-0.39, 0.29) is 18.3 Å². The number of carbonyl (C=O) groups is 2. The second kappa shape index (κ2) is 21.0. The molecule has 0 fully saturated rings. The van der Waals surface area contributed by atoms with E-state index in [4.69, 9.17) is 18.9 Å². The second-order valence-corrected chi connectivity index (χ2v) is 5.54. The van der Waals surface area contributed by atoms with Crippen molar-refractivity contribution in [3.05, 3.63) is 0 Å². The maximum atomic E-state index is 11.4. The van der Waals surface area contributed by atoms with Crippen LogP contribution >= 0.6 is 0 Å². The summed E-state index contributed by atoms with van der Waals surface area (Å²) in [4.78, 5) is 22.0. The lowest BCUT2D eigenvalue weighted by Gasteiger charge is -2.08. The standard InChI is InChI=1S/C16H31NO6.C2H6/c1-14(2)12-16(19)17-4-5-20-6-7-21-8-9-22-10-11-23-13-15(3)18;1-2/h14H,4-13H2,1-3H3,(H,17,19);1-2H3. The Morgan fingerprint density at radius 2 is 1.24 bits per heavy atom. The van der Waals surface area contributed by atoms with Gasteiger partial charge in [0.15, 0.2) is 5.78 Å². The molecule has 1 N–H and O–H groups in total. The van der Waals surface area contributed by atoms with Crippen molar-refractivity contribution in [2.75, 3.05) is 59.4 Å². The molecular weight excluding hydrogens is 326 g/mol. The number of hydrogen-bond acceptors (Lipinski definition) is 6. The Morgan fingerprint density at radius 1 is 0.800 bits per heavy atom. The van der Waals surface area contributed by atoms with Crippen LogP contribution in [0.1, 0.15) is 41.0 Å². The van der Waals surface area contributed by atoms with Gasteiger partial charge >= 0.3 is 0 Å². The molecule has 0 spiro atoms. The third kappa shape index (κ3) is 25.3. The Kier molecular flexibility index (Phi) is 22.0. The Balaban J connectivity index is 0. The van der Waals surface area contributed by atoms with Gasteiger partial charge in [-0.2, -0.15) is 0 Å². The first-order valence-corrected chi connectivity index (χ1v) is 9.09. The summed E-state index contributed by atoms with van der Waals surface area (Å²) in [6, 6.07) is 0. The number of Topliss-reactive ketones (excluding diaryl/α,β-unsaturated/α-hetero) is 1. The van der Waals surface area contributed by atoms with Gasteiger partial charge in [-0.3, -0.25) is 9.59 Å². The molecule has 0 atom stereocenters. The molecule has 0 aromatic heterocycles. The van der Waals surface area contributed by atoms with Gasteiger partial charge in [-0.15, -0.1) is 0 Å². The molecule has 0 radical (unpaired) electrons. The van der Waals surface area contributed by atoms with Gasteiger partial charge in [-0.25, -0.2) is 0 Å². The normalized spacial score (nSPS) is 10.3. The molecule has 25 heavy (non-hydrogen) atoms. The van der Waals surface area contributed by atoms with E-state index in [0.717, 1.165) is 0 Å². The van der Waals surface area contributed by atoms with E-state index >= 15 is 0 Å². The van der Waals surface area contributed by atoms with Crippen LogP contribution in [0.2, 0.25) is 0 Å². The van der Waals surface area contributed by atoms with Crippen LogP contribution in [0, 0.1) is 5.92 Å². The zero-order chi connectivity index (χ0) is 19.3. The van der Waals surface area contributed by atoms with Crippen molar-refractivity contribution in [2.24, 2.45) is 5.92 Å². The molecule has 0 rings (SSSR count). The number of amides is 1. The number of nitrogens with one attached hydrogen (secondary N) is 1. The van der Waals surface area contributed by atoms with Crippen LogP contribution in [0.4, 0.5) is 0 Å². The fourth-order valence-corrected chi connectivity index (χ4v) is 1.58. The Hall–Kier alpha value is -1.02. The van der Waals surface area contributed by atoms with Crippen molar-refractivity contribution < 1.29 is 28.5 Å². The van der Waals surface area contributed by atoms with E-state index in [9.17, 15) is 9.59 Å². The predicted octanol–water partition coefficient (Wildman–Crippen LogP) is 1.83. The highest BCUT2D eigenvalue weighted by Gasteiger charge is 2.03. The Labute approximate surface area is 152 Å². The van der Waals surface area contributed by atoms with Crippen LogP contribution in [0.3, 0.4) is 0 Å². The van der Waals surface area contributed by atoms with Gasteiger partial charge in [-0.1, -0.05) is 27.7 Å². The van der Waals surface area contributed by atoms with Crippen molar-refractivity contribution in [2.45, 2.75) is 41.0 Å². The molecule has 1 amide bonds. The summed E-state index contributed by atoms with van der Waals surface area (Å²) in [5.41, 5.74) is 0. The molecule has 0 aromatic rings. The maximum Gasteiger partial charge on any atom is 0.220 e. The van der Waals surface area contributed by atoms with Crippen molar-refractivity contribution in [1.29, 1.82) is 0 Å². The lowest BCUT2D eigenvalue weighted by molar-refractivity contribution is -0.122. The summed E-state index contributed by atoms with van der Waals surface area (Å²) >= 11 is 0. The van der Waals surface area contributed by atoms with Crippen LogP contribution < -0.4 is 5.32 Å². The van der Waals surface area contributed by atoms with Gasteiger partial charge in [0.25, 0.3) is 0 Å². The van der Waals surface area contributed by atoms with Gasteiger partial charge in [0.05, 0.1) is 46.2 Å². The maximum absolute atomic E-state index is 11.4. The Bertz CT molecular complexity index is 310. The molecule has 0 aliphatic heterocycles. The number of hydrogen-bond donors (Lipinski definition) is 1. The summed E-state index contributed by atoms with van der Waals surface area (Å²) in [5, 5.41) is 2.80. The SMILES string of the molecule is CC.CC(=O)COCCOCCOCCOCCNC(=O)CC(C)C. The molecule has 0 heterocycles. The fraction of sp³-hybridized carbons (Fsp3) is 0.889. The van der Waals surface area contributed by atoms with Gasteiger partial charge in [0, 0.05) is 13.0 Å². The monoisotopic (exact) mass is 363 g/mol. The second-order valence-electron chi connectivity index (χ2n) is 5.54. The summed E-state index contributed by atoms with van der Waals surface area (Å²) in [5.74, 6) is 0.435. The molecule has 0 aliphatic carbocycles. The molecular formula is C18H37NO6. The van der Waals surface area contributed by atoms with Crippen LogP contribution in [-0.4, -0.2) is 71.1 Å². The summed E-state index contributed by atoms with van der Waals surface area (Å²) in [7, 11) is 0. The van der Waals surface area contributed by atoms with E-state index in [2.05, 4.69) is 5.32 Å². The number of ketones is 1. The van der Waals surface area contributed by atoms with Gasteiger partial charge in [-0.05, 0) is 12.8 Å². The number of rotatable bonds is 16. The largest absolute Gasteiger partial charge is 0.377 e. The molecule has 0 bridgehead atoms. The molecule has 0 aromatic carbocycles. The van der Waals surface area contributed by atoms with Crippen LogP contribution in [0.15, 0.2) is 0 Å². The first kappa shape index (κ1) is 26.2. The van der Waals surface area contributed by atoms with Gasteiger partial charge in [0.2, 0.25) is 5.91 Å². The van der Waals surface area contributed by atoms with Crippen LogP contribution in [0.25, 0.3) is 0 Å². The average Bonchev–Trinajstić information content (AvgIpc) is 2.56. The zero-order valence-corrected chi connectivity index (χ0v) is 16.6. The molecule has 0 saturated heterocycles. The van der Waals surface area contributed by atoms with Crippen molar-refractivity contribution in [3.8, 4) is 0 Å². The lowest BCUT2D eigenvalue weighted by atomic mass is 10.1. The highest BCUT2D eigenvalue weighted by Crippen LogP contribution is 1.97. The van der Waals surface area contributed by atoms with Crippen LogP contribution in [-0.2, 0) is 28.5 Å². The highest BCUT2D eigenvalue weighted by molar-refractivity contribution is 5.76. The zero-order valence-electron chi connectivity index (χ0n) is 16.6. The third-order valence-electron chi connectivity index (χ3n) is 2.58. The van der Waals surface area contributed by atoms with Crippen molar-refractivity contribution in [3.63, 3.8) is 0 Å². The van der Waals surface area contributed by atoms with E-state index in [1.807, 2.05) is 27.7 Å². The van der Waals surface area contributed by atoms with E-state index in [1.165, 1.54) is 6.92 Å². The highest BCUT2D eigenvalue weighted by atomic mass is 16.6. The Morgan fingerprint density at radius 3 is 1.68 bits per heavy atom. The van der Waals surface area contributed by atoms with Crippen molar-refractivity contribution >= 4 is 11.7 Å². The van der Waals surface area contributed by atoms with Gasteiger partial charge in [0.1, 0.15) is 6.61 Å². The van der Waals surface area contributed by atoms with E-state index in [1.54, 1.807) is 0 Å². The summed E-state index contributed by atoms with van der Waals surface area (Å²) < 4.78 is 21.0. The minimum Gasteiger partial charge on any atom is -0.377 e. The predicted molar refractivity (Wildman–Crippen MR) is 97.8 cm³/mol. The molecule has 0 saturated carbocycles. The minimum atomic E-state index is 0.00724. The molecule has 7 nitrogen and oxygen atoms in total. The molecule has 0 unspecified atom stereocenters. The first-order chi connectivity index (χ1) is 12.0. The van der Waals surface area contributed by atoms with E-state index in [0.29, 0.717) is 65.1 Å². The van der Waals surface area contributed by atoms with Crippen molar-refractivity contribution in [1.82, 2.24) is 5.32 Å². The molecule has 0 aliphatic rings. The molecule has 7 heteroatoms. The number of ether oxygens (including phenoxy) is 4. The van der Waals surface area contributed by atoms with E-state index < -0.39 is 0 Å². The minimum absolute atomic E-state index is 0.00724. The average molecular weight is 363 g/mol. The smallest absolute Gasteiger partial charge is 0.220 e. The number of carbonyl (C=O) groups excluding carboxylic acids is 2. The molecule has 150 valence electrons. The first-order valence-electron chi connectivity index (χ1n) is 9.09. The third-order valence-corrected chi connectivity index (χ3v) is 2.58. The summed E-state index contributed by atoms with van der Waals surface area (Å²) in [6.45, 7) is 13.4. The lowest BCUT2D eigenvalue weighted by Crippen LogP contribution is -2.28. The quantitative estimate of drug-likeness (QED) is 0.421. The summed E-state index contributed by atoms with van der Waals surface area (Å²) in [6.07, 6.45) is 0.545. The van der Waals surface area contributed by atoms with Crippen LogP contribution in [0.5, 0.6) is 0 Å². The topological polar surface area (TPSA) is 83.1 Å². The van der Waals surface area contributed by atoms with Gasteiger partial charge < -0.3 is 24.3 Å².